The van der Waals surface area contributed by atoms with Crippen molar-refractivity contribution >= 4 is 36.6 Å². The molecule has 0 saturated heterocycles. The number of amidine groups is 1. The van der Waals surface area contributed by atoms with E-state index in [1.54, 1.807) is 33.8 Å². The molecule has 0 bridgehead atoms. The molecule has 210 valence electrons. The highest BCUT2D eigenvalue weighted by Gasteiger charge is 2.32. The molecule has 0 atom stereocenters. The second-order valence-corrected chi connectivity index (χ2v) is 11.5. The number of aliphatic hydroxyl groups is 2. The third-order valence-corrected chi connectivity index (χ3v) is 5.95. The zero-order chi connectivity index (χ0) is 29.5. The van der Waals surface area contributed by atoms with Crippen LogP contribution in [0.15, 0.2) is 59.2 Å². The van der Waals surface area contributed by atoms with Crippen LogP contribution in [0.4, 0.5) is 20.6 Å². The molecule has 0 heterocycles. The van der Waals surface area contributed by atoms with Crippen molar-refractivity contribution in [3.63, 3.8) is 0 Å². The fourth-order valence-corrected chi connectivity index (χ4v) is 2.44. The molecule has 0 saturated carbocycles. The van der Waals surface area contributed by atoms with Gasteiger partial charge < -0.3 is 21.3 Å². The van der Waals surface area contributed by atoms with E-state index in [4.69, 9.17) is 23.8 Å². The van der Waals surface area contributed by atoms with Gasteiger partial charge >= 0.3 is 6.03 Å². The highest BCUT2D eigenvalue weighted by atomic mass is 19.1. The number of urea groups is 1. The minimum absolute atomic E-state index is 0. The quantitative estimate of drug-likeness (QED) is 0.200. The summed E-state index contributed by atoms with van der Waals surface area (Å²) in [6.45, 7) is 16.4. The van der Waals surface area contributed by atoms with E-state index in [-0.39, 0.29) is 25.3 Å². The van der Waals surface area contributed by atoms with Crippen LogP contribution in [0.2, 0.25) is 0 Å². The van der Waals surface area contributed by atoms with Crippen LogP contribution in [-0.2, 0) is 0 Å². The minimum atomic E-state index is -1.01. The highest BCUT2D eigenvalue weighted by Crippen LogP contribution is 2.22. The largest absolute Gasteiger partial charge is 0.401 e. The minimum Gasteiger partial charge on any atom is -0.401 e. The average Bonchev–Trinajstić information content (AvgIpc) is 2.74. The Morgan fingerprint density at radius 2 is 1.55 bits per heavy atom. The number of nitrogens with one attached hydrogen (secondary N) is 2. The summed E-state index contributed by atoms with van der Waals surface area (Å²) in [7, 11) is 5.54. The molecule has 7 nitrogen and oxygen atoms in total. The fraction of sp³-hybridized carbons (Fsp3) is 0.448. The predicted molar refractivity (Wildman–Crippen MR) is 160 cm³/mol. The number of nitrogens with zero attached hydrogens (tertiary/aromatic N) is 1. The number of anilines is 1. The van der Waals surface area contributed by atoms with Gasteiger partial charge in [-0.3, -0.25) is 5.32 Å². The summed E-state index contributed by atoms with van der Waals surface area (Å²) in [6.07, 6.45) is 1.61. The van der Waals surface area contributed by atoms with Crippen LogP contribution in [0.5, 0.6) is 0 Å². The van der Waals surface area contributed by atoms with Crippen molar-refractivity contribution < 1.29 is 22.3 Å². The molecule has 6 N–H and O–H groups in total. The first-order valence-electron chi connectivity index (χ1n) is 12.4. The van der Waals surface area contributed by atoms with Crippen molar-refractivity contribution in [2.75, 3.05) is 5.32 Å². The molecule has 0 unspecified atom stereocenters. The first-order valence-corrected chi connectivity index (χ1v) is 12.4. The van der Waals surface area contributed by atoms with Gasteiger partial charge in [0.05, 0.1) is 22.6 Å². The van der Waals surface area contributed by atoms with E-state index in [0.29, 0.717) is 17.3 Å². The van der Waals surface area contributed by atoms with Crippen molar-refractivity contribution in [1.29, 1.82) is 0 Å². The molecule has 2 aromatic carbocycles. The number of halogens is 1. The van der Waals surface area contributed by atoms with Gasteiger partial charge in [-0.05, 0) is 63.4 Å². The average molecular weight is 529 g/mol. The molecule has 2 rings (SSSR count). The monoisotopic (exact) mass is 528 g/mol. The predicted octanol–water partition coefficient (Wildman–Crippen LogP) is 5.50. The Morgan fingerprint density at radius 3 is 1.97 bits per heavy atom. The summed E-state index contributed by atoms with van der Waals surface area (Å²) >= 11 is 0. The smallest absolute Gasteiger partial charge is 0.324 e. The van der Waals surface area contributed by atoms with Crippen molar-refractivity contribution in [2.45, 2.75) is 79.4 Å². The zero-order valence-electron chi connectivity index (χ0n) is 24.0. The van der Waals surface area contributed by atoms with E-state index in [2.05, 4.69) is 29.5 Å². The maximum Gasteiger partial charge on any atom is 0.324 e. The van der Waals surface area contributed by atoms with E-state index in [1.165, 1.54) is 17.7 Å². The van der Waals surface area contributed by atoms with Gasteiger partial charge in [0.2, 0.25) is 0 Å². The number of rotatable bonds is 5. The lowest BCUT2D eigenvalue weighted by molar-refractivity contribution is -0.107. The molecule has 2 amide bonds. The number of carbonyl (C=O) groups is 1. The van der Waals surface area contributed by atoms with Crippen molar-refractivity contribution in [1.82, 2.24) is 5.32 Å². The molecule has 0 aliphatic carbocycles. The Kier molecular flexibility index (Phi) is 11.3. The van der Waals surface area contributed by atoms with Crippen LogP contribution in [0.1, 0.15) is 76.6 Å². The summed E-state index contributed by atoms with van der Waals surface area (Å²) in [5.41, 5.74) is 6.51. The first-order chi connectivity index (χ1) is 17.2. The van der Waals surface area contributed by atoms with Crippen LogP contribution in [0.25, 0.3) is 0 Å². The number of hydrogen-bond donors (Lipinski definition) is 5. The van der Waals surface area contributed by atoms with Gasteiger partial charge in [-0.1, -0.05) is 58.3 Å². The third-order valence-electron chi connectivity index (χ3n) is 5.95. The molecule has 0 aromatic heterocycles. The number of allylic oxidation sites excluding steroid dienone is 1. The molecule has 9 heteroatoms. The molecular weight excluding hydrogens is 482 g/mol. The van der Waals surface area contributed by atoms with Crippen molar-refractivity contribution in [2.24, 2.45) is 16.1 Å². The lowest BCUT2D eigenvalue weighted by Crippen LogP contribution is -2.44. The number of hydrogen-bond acceptors (Lipinski definition) is 5. The molecular formula is C29H46BFN4O3. The Morgan fingerprint density at radius 1 is 1.03 bits per heavy atom. The summed E-state index contributed by atoms with van der Waals surface area (Å²) < 4.78 is 14.0. The lowest BCUT2D eigenvalue weighted by Gasteiger charge is -2.31. The summed E-state index contributed by atoms with van der Waals surface area (Å²) in [5, 5.41) is 23.3. The van der Waals surface area contributed by atoms with E-state index in [1.807, 2.05) is 45.0 Å². The lowest BCUT2D eigenvalue weighted by atomic mass is 9.90. The van der Waals surface area contributed by atoms with Crippen LogP contribution < -0.4 is 21.8 Å². The normalized spacial score (nSPS) is 13.1. The van der Waals surface area contributed by atoms with Gasteiger partial charge in [-0.15, -0.1) is 0 Å². The first kappa shape index (κ1) is 32.9. The van der Waals surface area contributed by atoms with E-state index in [9.17, 15) is 9.18 Å². The van der Waals surface area contributed by atoms with Gasteiger partial charge in [0.1, 0.15) is 19.5 Å². The maximum absolute atomic E-state index is 14.0. The number of carbonyl (C=O) groups excluding carboxylic acids is 1. The van der Waals surface area contributed by atoms with Crippen LogP contribution >= 0.6 is 0 Å². The number of amides is 2. The number of aliphatic imine (C=N–C) groups is 1. The van der Waals surface area contributed by atoms with Gasteiger partial charge in [0.15, 0.2) is 0 Å². The molecule has 0 aliphatic heterocycles. The molecule has 38 heavy (non-hydrogen) atoms. The zero-order valence-corrected chi connectivity index (χ0v) is 24.0. The fourth-order valence-electron chi connectivity index (χ4n) is 2.44. The van der Waals surface area contributed by atoms with Gasteiger partial charge in [-0.25, -0.2) is 14.2 Å². The van der Waals surface area contributed by atoms with E-state index >= 15 is 0 Å². The standard InChI is InChI=1S/C23H28BFN4O.C6H14O2.2H2/c1-14(2)15-6-9-17(10-7-15)27-21(13-20(26)23(3,4)5)29-22(30)28-19-11-8-16(24)12-18(19)25;1-5(2,7)6(3,4)8;;/h6-14H,26H2,1-5H3,(H2,27,28,29,30);7-8H,1-4H3;2*1H/b20-13-;;;. The van der Waals surface area contributed by atoms with Crippen LogP contribution in [-0.4, -0.2) is 41.1 Å². The Hall–Kier alpha value is -3.17. The Labute approximate surface area is 230 Å². The summed E-state index contributed by atoms with van der Waals surface area (Å²) in [6, 6.07) is 11.1. The van der Waals surface area contributed by atoms with Gasteiger partial charge in [0, 0.05) is 20.0 Å². The second-order valence-electron chi connectivity index (χ2n) is 11.5. The third kappa shape index (κ3) is 11.1. The molecule has 0 fully saturated rings. The van der Waals surface area contributed by atoms with Gasteiger partial charge in [0.25, 0.3) is 0 Å². The SMILES string of the molecule is CC(C)(O)C(C)(C)O.[B]c1ccc(NC(=O)NC(/C=C(\N)C(C)(C)C)=Nc2ccc(C(C)C)cc2)c(F)c1.[HH].[HH]. The summed E-state index contributed by atoms with van der Waals surface area (Å²) in [4.78, 5) is 17.0. The van der Waals surface area contributed by atoms with Crippen molar-refractivity contribution in [3.05, 3.63) is 65.6 Å². The van der Waals surface area contributed by atoms with E-state index < -0.39 is 23.1 Å². The van der Waals surface area contributed by atoms with Gasteiger partial charge in [-0.2, -0.15) is 0 Å². The topological polar surface area (TPSA) is 120 Å². The molecule has 2 radical (unpaired) electrons. The molecule has 2 aromatic rings. The number of benzene rings is 2. The highest BCUT2D eigenvalue weighted by molar-refractivity contribution is 6.32. The maximum atomic E-state index is 14.0. The Bertz CT molecular complexity index is 1140. The van der Waals surface area contributed by atoms with E-state index in [0.717, 1.165) is 6.07 Å². The van der Waals surface area contributed by atoms with Crippen LogP contribution in [0.3, 0.4) is 0 Å². The van der Waals surface area contributed by atoms with Crippen molar-refractivity contribution in [3.8, 4) is 0 Å². The van der Waals surface area contributed by atoms with Crippen LogP contribution in [0, 0.1) is 11.2 Å². The number of nitrogens with two attached hydrogens (primary N) is 1. The Balaban J connectivity index is 0. The summed E-state index contributed by atoms with van der Waals surface area (Å²) in [5.74, 6) is 0.0170. The molecule has 0 spiro atoms. The molecule has 0 aliphatic rings. The second kappa shape index (κ2) is 13.1.